The first-order chi connectivity index (χ1) is 10.4. The lowest BCUT2D eigenvalue weighted by Gasteiger charge is -2.38. The van der Waals surface area contributed by atoms with Crippen molar-refractivity contribution in [3.8, 4) is 0 Å². The Kier molecular flexibility index (Phi) is 5.76. The van der Waals surface area contributed by atoms with Gasteiger partial charge in [-0.1, -0.05) is 50.0 Å². The second-order valence-corrected chi connectivity index (χ2v) is 6.93. The minimum Gasteiger partial charge on any atom is -0.346 e. The summed E-state index contributed by atoms with van der Waals surface area (Å²) in [5.41, 5.74) is 0.621. The Morgan fingerprint density at radius 1 is 1.32 bits per heavy atom. The molecule has 1 unspecified atom stereocenters. The van der Waals surface area contributed by atoms with Gasteiger partial charge in [0.2, 0.25) is 5.91 Å². The molecule has 0 radical (unpaired) electrons. The van der Waals surface area contributed by atoms with E-state index in [1.54, 1.807) is 6.07 Å². The van der Waals surface area contributed by atoms with Crippen molar-refractivity contribution in [3.63, 3.8) is 0 Å². The number of hydrogen-bond acceptors (Lipinski definition) is 2. The molecule has 1 aliphatic heterocycles. The average Bonchev–Trinajstić information content (AvgIpc) is 2.45. The highest BCUT2D eigenvalue weighted by atomic mass is 35.5. The van der Waals surface area contributed by atoms with E-state index in [-0.39, 0.29) is 11.8 Å². The number of carbonyl (C=O) groups is 1. The molecule has 122 valence electrons. The number of amides is 1. The highest BCUT2D eigenvalue weighted by molar-refractivity contribution is 6.42. The summed E-state index contributed by atoms with van der Waals surface area (Å²) in [5.74, 6) is 0.558. The van der Waals surface area contributed by atoms with Crippen LogP contribution in [0.5, 0.6) is 0 Å². The van der Waals surface area contributed by atoms with Crippen LogP contribution < -0.4 is 10.6 Å². The van der Waals surface area contributed by atoms with Crippen LogP contribution in [-0.2, 0) is 10.3 Å². The van der Waals surface area contributed by atoms with Crippen LogP contribution in [0.2, 0.25) is 10.0 Å². The third-order valence-corrected chi connectivity index (χ3v) is 5.71. The molecule has 0 bridgehead atoms. The highest BCUT2D eigenvalue weighted by Crippen LogP contribution is 2.34. The van der Waals surface area contributed by atoms with Gasteiger partial charge in [0.1, 0.15) is 0 Å². The Morgan fingerprint density at radius 2 is 1.95 bits per heavy atom. The minimum absolute atomic E-state index is 0.0153. The highest BCUT2D eigenvalue weighted by Gasteiger charge is 2.35. The molecule has 1 amide bonds. The van der Waals surface area contributed by atoms with E-state index in [1.165, 1.54) is 0 Å². The van der Waals surface area contributed by atoms with Crippen molar-refractivity contribution in [1.29, 1.82) is 0 Å². The van der Waals surface area contributed by atoms with Gasteiger partial charge >= 0.3 is 0 Å². The Balaban J connectivity index is 2.23. The van der Waals surface area contributed by atoms with E-state index < -0.39 is 5.54 Å². The largest absolute Gasteiger partial charge is 0.346 e. The lowest BCUT2D eigenvalue weighted by Crippen LogP contribution is -2.53. The van der Waals surface area contributed by atoms with Crippen molar-refractivity contribution >= 4 is 29.1 Å². The summed E-state index contributed by atoms with van der Waals surface area (Å²) < 4.78 is 0. The van der Waals surface area contributed by atoms with Crippen LogP contribution in [0.1, 0.15) is 39.2 Å². The maximum atomic E-state index is 12.6. The van der Waals surface area contributed by atoms with Crippen LogP contribution in [0.25, 0.3) is 0 Å². The Bertz CT molecular complexity index is 539. The molecule has 1 aromatic rings. The number of benzene rings is 1. The summed E-state index contributed by atoms with van der Waals surface area (Å²) in [6.07, 6.45) is 1.62. The first-order valence-corrected chi connectivity index (χ1v) is 8.67. The van der Waals surface area contributed by atoms with E-state index in [9.17, 15) is 4.79 Å². The van der Waals surface area contributed by atoms with E-state index in [0.717, 1.165) is 31.5 Å². The predicted octanol–water partition coefficient (Wildman–Crippen LogP) is 3.98. The quantitative estimate of drug-likeness (QED) is 0.820. The molecular formula is C17H24Cl2N2O. The van der Waals surface area contributed by atoms with Crippen molar-refractivity contribution in [1.82, 2.24) is 10.6 Å². The predicted molar refractivity (Wildman–Crippen MR) is 92.4 cm³/mol. The molecule has 3 nitrogen and oxygen atoms in total. The smallest absolute Gasteiger partial charge is 0.223 e. The molecule has 0 aromatic heterocycles. The molecule has 1 saturated heterocycles. The molecular weight excluding hydrogens is 319 g/mol. The van der Waals surface area contributed by atoms with Crippen LogP contribution in [-0.4, -0.2) is 19.0 Å². The lowest BCUT2D eigenvalue weighted by molar-refractivity contribution is -0.129. The summed E-state index contributed by atoms with van der Waals surface area (Å²) in [6.45, 7) is 8.02. The maximum Gasteiger partial charge on any atom is 0.223 e. The monoisotopic (exact) mass is 342 g/mol. The molecule has 2 N–H and O–H groups in total. The Labute approximate surface area is 142 Å². The van der Waals surface area contributed by atoms with Gasteiger partial charge in [-0.05, 0) is 49.5 Å². The number of rotatable bonds is 6. The molecule has 0 saturated carbocycles. The lowest BCUT2D eigenvalue weighted by atomic mass is 9.82. The fourth-order valence-corrected chi connectivity index (χ4v) is 3.23. The van der Waals surface area contributed by atoms with Gasteiger partial charge in [-0.15, -0.1) is 0 Å². The molecule has 1 atom stereocenters. The third-order valence-electron chi connectivity index (χ3n) is 4.98. The zero-order valence-electron chi connectivity index (χ0n) is 13.4. The second kappa shape index (κ2) is 7.20. The van der Waals surface area contributed by atoms with Crippen LogP contribution in [0.4, 0.5) is 0 Å². The van der Waals surface area contributed by atoms with Gasteiger partial charge in [0.15, 0.2) is 0 Å². The van der Waals surface area contributed by atoms with Crippen LogP contribution >= 0.6 is 23.2 Å². The zero-order valence-corrected chi connectivity index (χ0v) is 14.9. The second-order valence-electron chi connectivity index (χ2n) is 6.11. The molecule has 1 heterocycles. The van der Waals surface area contributed by atoms with Crippen molar-refractivity contribution in [2.45, 2.75) is 39.2 Å². The molecule has 1 fully saturated rings. The van der Waals surface area contributed by atoms with Gasteiger partial charge in [0.05, 0.1) is 15.6 Å². The van der Waals surface area contributed by atoms with Gasteiger partial charge in [-0.2, -0.15) is 0 Å². The number of carbonyl (C=O) groups excluding carboxylic acids is 1. The SMILES string of the molecule is CCC(CC)(NC(=O)C(C)C1CNC1)c1ccc(Cl)c(Cl)c1. The van der Waals surface area contributed by atoms with Gasteiger partial charge in [0.25, 0.3) is 0 Å². The summed E-state index contributed by atoms with van der Waals surface area (Å²) >= 11 is 12.2. The van der Waals surface area contributed by atoms with E-state index in [2.05, 4.69) is 24.5 Å². The number of nitrogens with one attached hydrogen (secondary N) is 2. The fraction of sp³-hybridized carbons (Fsp3) is 0.588. The van der Waals surface area contributed by atoms with Crippen LogP contribution in [0.15, 0.2) is 18.2 Å². The van der Waals surface area contributed by atoms with Crippen LogP contribution in [0.3, 0.4) is 0 Å². The first kappa shape index (κ1) is 17.6. The van der Waals surface area contributed by atoms with Gasteiger partial charge in [0, 0.05) is 5.92 Å². The fourth-order valence-electron chi connectivity index (χ4n) is 2.93. The molecule has 1 aliphatic rings. The zero-order chi connectivity index (χ0) is 16.3. The van der Waals surface area contributed by atoms with Crippen molar-refractivity contribution in [3.05, 3.63) is 33.8 Å². The van der Waals surface area contributed by atoms with Crippen LogP contribution in [0, 0.1) is 11.8 Å². The minimum atomic E-state index is -0.392. The molecule has 0 spiro atoms. The molecule has 2 rings (SSSR count). The Morgan fingerprint density at radius 3 is 2.41 bits per heavy atom. The topological polar surface area (TPSA) is 41.1 Å². The third kappa shape index (κ3) is 3.42. The maximum absolute atomic E-state index is 12.6. The molecule has 22 heavy (non-hydrogen) atoms. The van der Waals surface area contributed by atoms with E-state index in [1.807, 2.05) is 19.1 Å². The number of hydrogen-bond donors (Lipinski definition) is 2. The molecule has 5 heteroatoms. The van der Waals surface area contributed by atoms with Gasteiger partial charge < -0.3 is 10.6 Å². The molecule has 1 aromatic carbocycles. The number of halogens is 2. The van der Waals surface area contributed by atoms with Crippen molar-refractivity contribution < 1.29 is 4.79 Å². The first-order valence-electron chi connectivity index (χ1n) is 7.91. The normalized spacial score (nSPS) is 17.0. The Hall–Kier alpha value is -0.770. The summed E-state index contributed by atoms with van der Waals surface area (Å²) in [4.78, 5) is 12.6. The average molecular weight is 343 g/mol. The summed E-state index contributed by atoms with van der Waals surface area (Å²) in [6, 6.07) is 5.62. The summed E-state index contributed by atoms with van der Waals surface area (Å²) in [5, 5.41) is 7.55. The molecule has 0 aliphatic carbocycles. The van der Waals surface area contributed by atoms with E-state index in [4.69, 9.17) is 23.2 Å². The van der Waals surface area contributed by atoms with Crippen molar-refractivity contribution in [2.24, 2.45) is 11.8 Å². The van der Waals surface area contributed by atoms with Gasteiger partial charge in [-0.25, -0.2) is 0 Å². The standard InChI is InChI=1S/C17H24Cl2N2O/c1-4-17(5-2,13-6-7-14(18)15(19)8-13)21-16(22)11(3)12-9-20-10-12/h6-8,11-12,20H,4-5,9-10H2,1-3H3,(H,21,22). The van der Waals surface area contributed by atoms with E-state index >= 15 is 0 Å². The summed E-state index contributed by atoms with van der Waals surface area (Å²) in [7, 11) is 0. The van der Waals surface area contributed by atoms with Gasteiger partial charge in [-0.3, -0.25) is 4.79 Å². The van der Waals surface area contributed by atoms with E-state index in [0.29, 0.717) is 16.0 Å². The van der Waals surface area contributed by atoms with Crippen molar-refractivity contribution in [2.75, 3.05) is 13.1 Å².